The molecular weight excluding hydrogens is 318 g/mol. The van der Waals surface area contributed by atoms with Crippen LogP contribution in [0, 0.1) is 5.92 Å². The Hall–Kier alpha value is -2.18. The van der Waals surface area contributed by atoms with Gasteiger partial charge in [0.2, 0.25) is 5.91 Å². The summed E-state index contributed by atoms with van der Waals surface area (Å²) >= 11 is 0. The Morgan fingerprint density at radius 2 is 2.32 bits per heavy atom. The summed E-state index contributed by atoms with van der Waals surface area (Å²) in [5.41, 5.74) is 1.17. The molecule has 6 heteroatoms. The first-order chi connectivity index (χ1) is 12.3. The topological polar surface area (TPSA) is 67.6 Å². The van der Waals surface area contributed by atoms with Crippen molar-refractivity contribution >= 4 is 5.91 Å². The first kappa shape index (κ1) is 16.3. The molecule has 25 heavy (non-hydrogen) atoms. The zero-order valence-electron chi connectivity index (χ0n) is 14.1. The molecule has 0 bridgehead atoms. The average molecular weight is 341 g/mol. The number of carbonyl (C=O) groups excluding carboxylic acids is 1. The van der Waals surface area contributed by atoms with Gasteiger partial charge in [-0.3, -0.25) is 14.7 Å². The van der Waals surface area contributed by atoms with Crippen LogP contribution in [0.25, 0.3) is 0 Å². The van der Waals surface area contributed by atoms with E-state index >= 15 is 0 Å². The van der Waals surface area contributed by atoms with E-state index in [1.807, 2.05) is 24.4 Å². The fourth-order valence-corrected chi connectivity index (χ4v) is 3.88. The van der Waals surface area contributed by atoms with E-state index in [9.17, 15) is 4.79 Å². The average Bonchev–Trinajstić information content (AvgIpc) is 3.32. The minimum Gasteiger partial charge on any atom is -0.467 e. The van der Waals surface area contributed by atoms with Crippen LogP contribution in [0.1, 0.15) is 24.2 Å². The highest BCUT2D eigenvalue weighted by Crippen LogP contribution is 2.32. The number of furan rings is 1. The van der Waals surface area contributed by atoms with Gasteiger partial charge in [-0.1, -0.05) is 6.07 Å². The van der Waals surface area contributed by atoms with Gasteiger partial charge in [0, 0.05) is 38.1 Å². The van der Waals surface area contributed by atoms with Crippen LogP contribution in [0.5, 0.6) is 0 Å². The maximum atomic E-state index is 12.6. The van der Waals surface area contributed by atoms with Gasteiger partial charge in [0.05, 0.1) is 24.8 Å². The second-order valence-electron chi connectivity index (χ2n) is 6.79. The Morgan fingerprint density at radius 1 is 1.36 bits per heavy atom. The molecule has 2 fully saturated rings. The minimum atomic E-state index is -0.0639. The predicted molar refractivity (Wildman–Crippen MR) is 91.5 cm³/mol. The molecule has 0 saturated carbocycles. The monoisotopic (exact) mass is 341 g/mol. The van der Waals surface area contributed by atoms with E-state index in [2.05, 4.69) is 21.3 Å². The highest BCUT2D eigenvalue weighted by atomic mass is 16.5. The van der Waals surface area contributed by atoms with Gasteiger partial charge in [-0.25, -0.2) is 0 Å². The molecule has 2 aromatic heterocycles. The zero-order chi connectivity index (χ0) is 17.1. The lowest BCUT2D eigenvalue weighted by atomic mass is 9.89. The number of aromatic nitrogens is 1. The number of rotatable bonds is 5. The molecule has 0 radical (unpaired) electrons. The molecule has 2 aliphatic rings. The Bertz CT molecular complexity index is 689. The number of carbonyl (C=O) groups is 1. The summed E-state index contributed by atoms with van der Waals surface area (Å²) in [5, 5.41) is 2.99. The highest BCUT2D eigenvalue weighted by Gasteiger charge is 2.42. The Balaban J connectivity index is 1.41. The Kier molecular flexibility index (Phi) is 4.81. The van der Waals surface area contributed by atoms with Crippen molar-refractivity contribution in [2.24, 2.45) is 5.92 Å². The largest absolute Gasteiger partial charge is 0.467 e. The van der Waals surface area contributed by atoms with Crippen molar-refractivity contribution in [1.29, 1.82) is 0 Å². The van der Waals surface area contributed by atoms with Crippen molar-refractivity contribution in [2.45, 2.75) is 38.1 Å². The Labute approximate surface area is 147 Å². The molecule has 2 aromatic rings. The SMILES string of the molecule is O=C(NCc1ccco1)[C@H]1C[C@H]2OCC[C@H]2N(Cc2cccnc2)C1. The lowest BCUT2D eigenvalue weighted by molar-refractivity contribution is -0.130. The molecule has 2 aliphatic heterocycles. The number of nitrogens with one attached hydrogen (secondary N) is 1. The van der Waals surface area contributed by atoms with Gasteiger partial charge in [0.15, 0.2) is 0 Å². The third-order valence-corrected chi connectivity index (χ3v) is 5.11. The summed E-state index contributed by atoms with van der Waals surface area (Å²) < 4.78 is 11.2. The van der Waals surface area contributed by atoms with Crippen molar-refractivity contribution in [1.82, 2.24) is 15.2 Å². The molecule has 4 rings (SSSR count). The van der Waals surface area contributed by atoms with E-state index in [0.717, 1.165) is 38.3 Å². The number of amides is 1. The first-order valence-corrected chi connectivity index (χ1v) is 8.84. The van der Waals surface area contributed by atoms with E-state index in [1.165, 1.54) is 5.56 Å². The van der Waals surface area contributed by atoms with Crippen LogP contribution in [-0.2, 0) is 22.6 Å². The second kappa shape index (κ2) is 7.37. The maximum absolute atomic E-state index is 12.6. The normalized spacial score (nSPS) is 26.3. The standard InChI is InChI=1S/C19H23N3O3/c23-19(21-11-16-4-2-7-24-16)15-9-18-17(5-8-25-18)22(13-15)12-14-3-1-6-20-10-14/h1-4,6-7,10,15,17-18H,5,8-9,11-13H2,(H,21,23)/t15-,17+,18+/m0/s1. The molecule has 0 unspecified atom stereocenters. The quantitative estimate of drug-likeness (QED) is 0.901. The molecule has 1 amide bonds. The van der Waals surface area contributed by atoms with E-state index in [1.54, 1.807) is 12.5 Å². The van der Waals surface area contributed by atoms with Gasteiger partial charge in [0.1, 0.15) is 5.76 Å². The van der Waals surface area contributed by atoms with Crippen LogP contribution in [0.2, 0.25) is 0 Å². The van der Waals surface area contributed by atoms with Gasteiger partial charge in [-0.05, 0) is 36.6 Å². The predicted octanol–water partition coefficient (Wildman–Crippen LogP) is 1.97. The van der Waals surface area contributed by atoms with E-state index in [4.69, 9.17) is 9.15 Å². The number of likely N-dealkylation sites (tertiary alicyclic amines) is 1. The van der Waals surface area contributed by atoms with E-state index in [0.29, 0.717) is 12.6 Å². The fourth-order valence-electron chi connectivity index (χ4n) is 3.88. The Morgan fingerprint density at radius 3 is 3.12 bits per heavy atom. The number of hydrogen-bond donors (Lipinski definition) is 1. The second-order valence-corrected chi connectivity index (χ2v) is 6.79. The van der Waals surface area contributed by atoms with Crippen LogP contribution in [0.3, 0.4) is 0 Å². The molecule has 1 N–H and O–H groups in total. The van der Waals surface area contributed by atoms with Crippen LogP contribution >= 0.6 is 0 Å². The number of pyridine rings is 1. The van der Waals surface area contributed by atoms with Gasteiger partial charge < -0.3 is 14.5 Å². The summed E-state index contributed by atoms with van der Waals surface area (Å²) in [6, 6.07) is 8.13. The lowest BCUT2D eigenvalue weighted by Gasteiger charge is -2.40. The van der Waals surface area contributed by atoms with E-state index < -0.39 is 0 Å². The fraction of sp³-hybridized carbons (Fsp3) is 0.474. The molecule has 2 saturated heterocycles. The van der Waals surface area contributed by atoms with Gasteiger partial charge in [-0.15, -0.1) is 0 Å². The molecular formula is C19H23N3O3. The molecule has 3 atom stereocenters. The summed E-state index contributed by atoms with van der Waals surface area (Å²) in [6.07, 6.45) is 7.26. The molecule has 4 heterocycles. The van der Waals surface area contributed by atoms with Gasteiger partial charge in [-0.2, -0.15) is 0 Å². The molecule has 6 nitrogen and oxygen atoms in total. The zero-order valence-corrected chi connectivity index (χ0v) is 14.1. The minimum absolute atomic E-state index is 0.0639. The molecule has 0 aromatic carbocycles. The van der Waals surface area contributed by atoms with Crippen molar-refractivity contribution in [3.8, 4) is 0 Å². The highest BCUT2D eigenvalue weighted by molar-refractivity contribution is 5.79. The summed E-state index contributed by atoms with van der Waals surface area (Å²) in [6.45, 7) is 2.77. The van der Waals surface area contributed by atoms with Crippen molar-refractivity contribution in [2.75, 3.05) is 13.2 Å². The van der Waals surface area contributed by atoms with E-state index in [-0.39, 0.29) is 17.9 Å². The molecule has 0 spiro atoms. The first-order valence-electron chi connectivity index (χ1n) is 8.84. The third kappa shape index (κ3) is 3.75. The summed E-state index contributed by atoms with van der Waals surface area (Å²) in [7, 11) is 0. The van der Waals surface area contributed by atoms with Crippen LogP contribution in [-0.4, -0.2) is 41.1 Å². The summed E-state index contributed by atoms with van der Waals surface area (Å²) in [4.78, 5) is 19.2. The number of piperidine rings is 1. The number of hydrogen-bond acceptors (Lipinski definition) is 5. The lowest BCUT2D eigenvalue weighted by Crippen LogP contribution is -2.52. The number of fused-ring (bicyclic) bond motifs is 1. The van der Waals surface area contributed by atoms with Crippen LogP contribution in [0.4, 0.5) is 0 Å². The number of nitrogens with zero attached hydrogens (tertiary/aromatic N) is 2. The van der Waals surface area contributed by atoms with Gasteiger partial charge >= 0.3 is 0 Å². The molecule has 132 valence electrons. The van der Waals surface area contributed by atoms with Crippen molar-refractivity contribution < 1.29 is 13.9 Å². The smallest absolute Gasteiger partial charge is 0.224 e. The number of ether oxygens (including phenoxy) is 1. The van der Waals surface area contributed by atoms with Crippen LogP contribution < -0.4 is 5.32 Å². The van der Waals surface area contributed by atoms with Crippen LogP contribution in [0.15, 0.2) is 47.3 Å². The third-order valence-electron chi connectivity index (χ3n) is 5.11. The van der Waals surface area contributed by atoms with Gasteiger partial charge in [0.25, 0.3) is 0 Å². The maximum Gasteiger partial charge on any atom is 0.224 e. The summed E-state index contributed by atoms with van der Waals surface area (Å²) in [5.74, 6) is 0.777. The molecule has 0 aliphatic carbocycles. The van der Waals surface area contributed by atoms with Crippen molar-refractivity contribution in [3.05, 3.63) is 54.2 Å². The van der Waals surface area contributed by atoms with Crippen molar-refractivity contribution in [3.63, 3.8) is 0 Å².